The Morgan fingerprint density at radius 3 is 2.35 bits per heavy atom. The molecule has 0 amide bonds. The van der Waals surface area contributed by atoms with Gasteiger partial charge in [-0.05, 0) is 104 Å². The molecule has 34 heavy (non-hydrogen) atoms. The summed E-state index contributed by atoms with van der Waals surface area (Å²) in [7, 11) is -4.45. The van der Waals surface area contributed by atoms with E-state index in [0.717, 1.165) is 38.5 Å². The minimum Gasteiger partial charge on any atom is -0.393 e. The molecule has 0 aromatic heterocycles. The zero-order chi connectivity index (χ0) is 25.1. The van der Waals surface area contributed by atoms with E-state index in [9.17, 15) is 18.3 Å². The molecule has 0 radical (unpaired) electrons. The number of aliphatic hydroxyl groups is 1. The van der Waals surface area contributed by atoms with Gasteiger partial charge in [0.2, 0.25) is 0 Å². The second-order valence-corrected chi connectivity index (χ2v) is 14.2. The number of aliphatic hydroxyl groups excluding tert-OH is 1. The fourth-order valence-corrected chi connectivity index (χ4v) is 9.90. The van der Waals surface area contributed by atoms with Crippen molar-refractivity contribution in [3.05, 3.63) is 0 Å². The SMILES string of the molecule is CC(C)C(CCC(C)[C@H]1CCC2C3C(O)CC4CC(=O)CC[C@]4(C)C3CC[C@@]21C)OS(=O)(=O)O. The van der Waals surface area contributed by atoms with E-state index in [1.807, 2.05) is 13.8 Å². The predicted octanol–water partition coefficient (Wildman–Crippen LogP) is 5.45. The molecule has 2 N–H and O–H groups in total. The monoisotopic (exact) mass is 498 g/mol. The molecular weight excluding hydrogens is 452 g/mol. The average Bonchev–Trinajstić information content (AvgIpc) is 3.08. The second-order valence-electron chi connectivity index (χ2n) is 13.1. The lowest BCUT2D eigenvalue weighted by Gasteiger charge is -2.62. The van der Waals surface area contributed by atoms with E-state index in [1.54, 1.807) is 0 Å². The summed E-state index contributed by atoms with van der Waals surface area (Å²) >= 11 is 0. The molecule has 4 saturated carbocycles. The molecular formula is C27H46O6S. The Morgan fingerprint density at radius 1 is 1.03 bits per heavy atom. The molecule has 10 atom stereocenters. The molecule has 0 aromatic carbocycles. The van der Waals surface area contributed by atoms with Crippen LogP contribution in [-0.4, -0.2) is 36.1 Å². The smallest absolute Gasteiger partial charge is 0.393 e. The Kier molecular flexibility index (Phi) is 7.36. The number of carbonyl (C=O) groups excluding carboxylic acids is 1. The highest BCUT2D eigenvalue weighted by Crippen LogP contribution is 2.68. The molecule has 196 valence electrons. The first-order valence-electron chi connectivity index (χ1n) is 13.6. The first-order valence-corrected chi connectivity index (χ1v) is 15.0. The van der Waals surface area contributed by atoms with Gasteiger partial charge in [-0.15, -0.1) is 0 Å². The minimum absolute atomic E-state index is 0.00456. The Balaban J connectivity index is 1.47. The summed E-state index contributed by atoms with van der Waals surface area (Å²) in [5, 5.41) is 11.4. The average molecular weight is 499 g/mol. The Bertz CT molecular complexity index is 870. The topological polar surface area (TPSA) is 101 Å². The normalized spacial score (nSPS) is 44.3. The second kappa shape index (κ2) is 9.42. The maximum absolute atomic E-state index is 12.2. The lowest BCUT2D eigenvalue weighted by atomic mass is 9.44. The number of Topliss-reactive ketones (excluding diaryl/α,β-unsaturated/α-hetero) is 1. The molecule has 0 saturated heterocycles. The fourth-order valence-electron chi connectivity index (χ4n) is 9.27. The van der Waals surface area contributed by atoms with Gasteiger partial charge in [0.25, 0.3) is 0 Å². The van der Waals surface area contributed by atoms with Crippen molar-refractivity contribution in [2.75, 3.05) is 0 Å². The van der Waals surface area contributed by atoms with Crippen LogP contribution in [0.15, 0.2) is 0 Å². The molecule has 7 heteroatoms. The van der Waals surface area contributed by atoms with Crippen LogP contribution in [0.25, 0.3) is 0 Å². The predicted molar refractivity (Wildman–Crippen MR) is 131 cm³/mol. The highest BCUT2D eigenvalue weighted by molar-refractivity contribution is 7.80. The van der Waals surface area contributed by atoms with Crippen molar-refractivity contribution in [3.63, 3.8) is 0 Å². The highest BCUT2D eigenvalue weighted by atomic mass is 32.3. The quantitative estimate of drug-likeness (QED) is 0.453. The Labute approximate surface area is 206 Å². The van der Waals surface area contributed by atoms with Crippen LogP contribution in [0.3, 0.4) is 0 Å². The van der Waals surface area contributed by atoms with Gasteiger partial charge in [0, 0.05) is 12.8 Å². The summed E-state index contributed by atoms with van der Waals surface area (Å²) < 4.78 is 36.7. The van der Waals surface area contributed by atoms with E-state index < -0.39 is 16.5 Å². The van der Waals surface area contributed by atoms with Gasteiger partial charge in [0.1, 0.15) is 5.78 Å². The maximum atomic E-state index is 12.2. The Hall–Kier alpha value is -0.500. The van der Waals surface area contributed by atoms with Crippen LogP contribution in [0.1, 0.15) is 98.8 Å². The van der Waals surface area contributed by atoms with E-state index in [2.05, 4.69) is 20.8 Å². The van der Waals surface area contributed by atoms with Crippen molar-refractivity contribution in [1.82, 2.24) is 0 Å². The summed E-state index contributed by atoms with van der Waals surface area (Å²) in [6, 6.07) is 0. The van der Waals surface area contributed by atoms with Crippen molar-refractivity contribution in [3.8, 4) is 0 Å². The summed E-state index contributed by atoms with van der Waals surface area (Å²) in [5.41, 5.74) is 0.368. The van der Waals surface area contributed by atoms with E-state index in [-0.39, 0.29) is 22.9 Å². The van der Waals surface area contributed by atoms with Crippen LogP contribution < -0.4 is 0 Å². The first kappa shape index (κ1) is 26.6. The molecule has 4 fully saturated rings. The number of fused-ring (bicyclic) bond motifs is 5. The van der Waals surface area contributed by atoms with E-state index >= 15 is 0 Å². The first-order chi connectivity index (χ1) is 15.8. The van der Waals surface area contributed by atoms with E-state index in [4.69, 9.17) is 8.74 Å². The molecule has 0 spiro atoms. The summed E-state index contributed by atoms with van der Waals surface area (Å²) in [6.07, 6.45) is 8.40. The van der Waals surface area contributed by atoms with Crippen LogP contribution in [0.2, 0.25) is 0 Å². The molecule has 0 heterocycles. The van der Waals surface area contributed by atoms with Crippen molar-refractivity contribution < 1.29 is 27.1 Å². The zero-order valence-corrected chi connectivity index (χ0v) is 22.5. The van der Waals surface area contributed by atoms with E-state index in [0.29, 0.717) is 60.6 Å². The van der Waals surface area contributed by atoms with Gasteiger partial charge in [0.05, 0.1) is 12.2 Å². The summed E-state index contributed by atoms with van der Waals surface area (Å²) in [6.45, 7) is 11.0. The lowest BCUT2D eigenvalue weighted by molar-refractivity contribution is -0.169. The van der Waals surface area contributed by atoms with Crippen LogP contribution in [-0.2, 0) is 19.4 Å². The largest absolute Gasteiger partial charge is 0.397 e. The van der Waals surface area contributed by atoms with Crippen LogP contribution in [0.4, 0.5) is 0 Å². The number of hydrogen-bond acceptors (Lipinski definition) is 5. The summed E-state index contributed by atoms with van der Waals surface area (Å²) in [4.78, 5) is 12.2. The van der Waals surface area contributed by atoms with Gasteiger partial charge in [0.15, 0.2) is 0 Å². The molecule has 7 unspecified atom stereocenters. The molecule has 4 aliphatic carbocycles. The third-order valence-corrected chi connectivity index (χ3v) is 11.6. The Morgan fingerprint density at radius 2 is 1.71 bits per heavy atom. The molecule has 4 aliphatic rings. The molecule has 0 bridgehead atoms. The zero-order valence-electron chi connectivity index (χ0n) is 21.7. The number of hydrogen-bond donors (Lipinski definition) is 2. The lowest BCUT2D eigenvalue weighted by Crippen LogP contribution is -2.58. The van der Waals surface area contributed by atoms with Crippen LogP contribution >= 0.6 is 0 Å². The molecule has 4 rings (SSSR count). The summed E-state index contributed by atoms with van der Waals surface area (Å²) in [5.74, 6) is 3.04. The standard InChI is InChI=1S/C27H46O6S/c1-16(2)24(33-34(30,31)32)9-6-17(3)20-7-8-21-25-22(11-13-27(20,21)5)26(4)12-10-19(28)14-18(26)15-23(25)29/h16-18,20-25,29H,6-15H2,1-5H3,(H,30,31,32)/t17?,18?,20-,21?,22?,23?,24?,25?,26+,27-/m1/s1. The number of rotatable bonds is 7. The van der Waals surface area contributed by atoms with Gasteiger partial charge in [-0.3, -0.25) is 9.35 Å². The van der Waals surface area contributed by atoms with Crippen LogP contribution in [0.5, 0.6) is 0 Å². The van der Waals surface area contributed by atoms with Crippen molar-refractivity contribution in [2.24, 2.45) is 52.3 Å². The maximum Gasteiger partial charge on any atom is 0.397 e. The van der Waals surface area contributed by atoms with Crippen molar-refractivity contribution >= 4 is 16.2 Å². The molecule has 6 nitrogen and oxygen atoms in total. The fraction of sp³-hybridized carbons (Fsp3) is 0.963. The number of ketones is 1. The van der Waals surface area contributed by atoms with Crippen LogP contribution in [0, 0.1) is 52.3 Å². The van der Waals surface area contributed by atoms with Gasteiger partial charge >= 0.3 is 10.4 Å². The minimum atomic E-state index is -4.45. The van der Waals surface area contributed by atoms with Crippen molar-refractivity contribution in [1.29, 1.82) is 0 Å². The highest BCUT2D eigenvalue weighted by Gasteiger charge is 2.62. The van der Waals surface area contributed by atoms with Crippen molar-refractivity contribution in [2.45, 2.75) is 111 Å². The third kappa shape index (κ3) is 4.76. The van der Waals surface area contributed by atoms with Gasteiger partial charge < -0.3 is 5.11 Å². The third-order valence-electron chi connectivity index (χ3n) is 11.2. The molecule has 0 aliphatic heterocycles. The van der Waals surface area contributed by atoms with Gasteiger partial charge in [-0.25, -0.2) is 4.18 Å². The van der Waals surface area contributed by atoms with Gasteiger partial charge in [-0.2, -0.15) is 8.42 Å². The number of carbonyl (C=O) groups is 1. The molecule has 0 aromatic rings. The van der Waals surface area contributed by atoms with E-state index in [1.165, 1.54) is 6.42 Å². The van der Waals surface area contributed by atoms with Gasteiger partial charge in [-0.1, -0.05) is 34.6 Å².